The van der Waals surface area contributed by atoms with Gasteiger partial charge >= 0.3 is 0 Å². The minimum absolute atomic E-state index is 0.103. The number of nitrogens with zero attached hydrogens (tertiary/aromatic N) is 2. The summed E-state index contributed by atoms with van der Waals surface area (Å²) in [4.78, 5) is 4.33. The molecule has 0 saturated heterocycles. The number of rotatable bonds is 4. The van der Waals surface area contributed by atoms with Crippen LogP contribution in [0.25, 0.3) is 0 Å². The highest BCUT2D eigenvalue weighted by molar-refractivity contribution is 6.30. The molecule has 1 N–H and O–H groups in total. The Hall–Kier alpha value is -1.81. The Bertz CT molecular complexity index is 578. The van der Waals surface area contributed by atoms with Crippen molar-refractivity contribution in [1.82, 2.24) is 9.55 Å². The van der Waals surface area contributed by atoms with Gasteiger partial charge in [-0.05, 0) is 25.1 Å². The third-order valence-electron chi connectivity index (χ3n) is 2.40. The smallest absolute Gasteiger partial charge is 0.207 e. The number of allylic oxidation sites excluding steroid dienone is 1. The largest absolute Gasteiger partial charge is 0.325 e. The van der Waals surface area contributed by atoms with Crippen LogP contribution in [0.15, 0.2) is 37.1 Å². The van der Waals surface area contributed by atoms with Crippen molar-refractivity contribution in [1.29, 1.82) is 0 Å². The molecule has 1 aromatic heterocycles. The first-order valence-electron chi connectivity index (χ1n) is 5.47. The molecule has 0 saturated carbocycles. The topological polar surface area (TPSA) is 29.9 Å². The van der Waals surface area contributed by atoms with Crippen LogP contribution in [0.3, 0.4) is 0 Å². The SMILES string of the molecule is C=CCn1cc(C)nc1Nc1ccc(Cl)c(F)c1. The molecular weight excluding hydrogens is 253 g/mol. The summed E-state index contributed by atoms with van der Waals surface area (Å²) in [5, 5.41) is 3.15. The Kier molecular flexibility index (Phi) is 3.67. The van der Waals surface area contributed by atoms with Crippen molar-refractivity contribution in [3.05, 3.63) is 53.6 Å². The van der Waals surface area contributed by atoms with Crippen LogP contribution in [0.1, 0.15) is 5.69 Å². The second-order valence-electron chi connectivity index (χ2n) is 3.90. The lowest BCUT2D eigenvalue weighted by atomic mass is 10.3. The lowest BCUT2D eigenvalue weighted by molar-refractivity contribution is 0.629. The van der Waals surface area contributed by atoms with Gasteiger partial charge in [0.2, 0.25) is 5.95 Å². The number of nitrogens with one attached hydrogen (secondary N) is 1. The van der Waals surface area contributed by atoms with Gasteiger partial charge in [-0.15, -0.1) is 6.58 Å². The molecular formula is C13H13ClFN3. The second-order valence-corrected chi connectivity index (χ2v) is 4.31. The van der Waals surface area contributed by atoms with E-state index in [4.69, 9.17) is 11.6 Å². The quantitative estimate of drug-likeness (QED) is 0.850. The number of aryl methyl sites for hydroxylation is 1. The number of hydrogen-bond donors (Lipinski definition) is 1. The zero-order chi connectivity index (χ0) is 13.1. The molecule has 0 aliphatic carbocycles. The van der Waals surface area contributed by atoms with Crippen molar-refractivity contribution >= 4 is 23.2 Å². The van der Waals surface area contributed by atoms with Gasteiger partial charge in [0.05, 0.1) is 10.7 Å². The molecule has 0 aliphatic heterocycles. The van der Waals surface area contributed by atoms with Crippen LogP contribution < -0.4 is 5.32 Å². The lowest BCUT2D eigenvalue weighted by Crippen LogP contribution is -2.02. The van der Waals surface area contributed by atoms with Crippen molar-refractivity contribution in [2.45, 2.75) is 13.5 Å². The van der Waals surface area contributed by atoms with E-state index in [0.717, 1.165) is 5.69 Å². The second kappa shape index (κ2) is 5.23. The van der Waals surface area contributed by atoms with Crippen LogP contribution in [0.2, 0.25) is 5.02 Å². The fraction of sp³-hybridized carbons (Fsp3) is 0.154. The van der Waals surface area contributed by atoms with Gasteiger partial charge in [-0.2, -0.15) is 0 Å². The van der Waals surface area contributed by atoms with Crippen LogP contribution in [0.4, 0.5) is 16.0 Å². The Balaban J connectivity index is 2.27. The molecule has 18 heavy (non-hydrogen) atoms. The van der Waals surface area contributed by atoms with Crippen LogP contribution in [-0.2, 0) is 6.54 Å². The maximum atomic E-state index is 13.3. The Labute approximate surface area is 110 Å². The molecule has 0 aliphatic rings. The molecule has 2 aromatic rings. The molecule has 1 heterocycles. The summed E-state index contributed by atoms with van der Waals surface area (Å²) >= 11 is 5.63. The summed E-state index contributed by atoms with van der Waals surface area (Å²) in [6.45, 7) is 6.22. The van der Waals surface area contributed by atoms with E-state index in [1.807, 2.05) is 17.7 Å². The highest BCUT2D eigenvalue weighted by Gasteiger charge is 2.06. The number of hydrogen-bond acceptors (Lipinski definition) is 2. The predicted molar refractivity (Wildman–Crippen MR) is 71.9 cm³/mol. The van der Waals surface area contributed by atoms with Gasteiger partial charge in [-0.3, -0.25) is 0 Å². The van der Waals surface area contributed by atoms with E-state index in [0.29, 0.717) is 18.2 Å². The van der Waals surface area contributed by atoms with Crippen molar-refractivity contribution in [3.8, 4) is 0 Å². The van der Waals surface area contributed by atoms with E-state index in [-0.39, 0.29) is 5.02 Å². The van der Waals surface area contributed by atoms with Crippen LogP contribution in [0.5, 0.6) is 0 Å². The molecule has 0 spiro atoms. The summed E-state index contributed by atoms with van der Waals surface area (Å²) < 4.78 is 15.2. The first-order chi connectivity index (χ1) is 8.60. The van der Waals surface area contributed by atoms with Gasteiger partial charge in [0, 0.05) is 18.4 Å². The van der Waals surface area contributed by atoms with Crippen LogP contribution in [-0.4, -0.2) is 9.55 Å². The van der Waals surface area contributed by atoms with Crippen molar-refractivity contribution in [2.75, 3.05) is 5.32 Å². The Morgan fingerprint density at radius 2 is 2.33 bits per heavy atom. The van der Waals surface area contributed by atoms with Gasteiger partial charge in [0.25, 0.3) is 0 Å². The number of imidazole rings is 1. The molecule has 0 amide bonds. The molecule has 0 radical (unpaired) electrons. The third-order valence-corrected chi connectivity index (χ3v) is 2.71. The molecule has 94 valence electrons. The zero-order valence-corrected chi connectivity index (χ0v) is 10.7. The lowest BCUT2D eigenvalue weighted by Gasteiger charge is -2.08. The van der Waals surface area contributed by atoms with E-state index >= 15 is 0 Å². The number of halogens is 2. The van der Waals surface area contributed by atoms with Gasteiger partial charge in [-0.1, -0.05) is 17.7 Å². The standard InChI is InChI=1S/C13H13ClFN3/c1-3-6-18-8-9(2)16-13(18)17-10-4-5-11(14)12(15)7-10/h3-5,7-8H,1,6H2,2H3,(H,16,17). The van der Waals surface area contributed by atoms with Crippen LogP contribution >= 0.6 is 11.6 Å². The summed E-state index contributed by atoms with van der Waals surface area (Å²) in [5.41, 5.74) is 1.49. The Morgan fingerprint density at radius 1 is 1.56 bits per heavy atom. The average Bonchev–Trinajstić information content (AvgIpc) is 2.65. The van der Waals surface area contributed by atoms with E-state index in [1.54, 1.807) is 12.1 Å². The summed E-state index contributed by atoms with van der Waals surface area (Å²) in [6, 6.07) is 4.55. The minimum Gasteiger partial charge on any atom is -0.325 e. The highest BCUT2D eigenvalue weighted by atomic mass is 35.5. The van der Waals surface area contributed by atoms with Crippen molar-refractivity contribution in [2.24, 2.45) is 0 Å². The van der Waals surface area contributed by atoms with Gasteiger partial charge in [0.15, 0.2) is 0 Å². The highest BCUT2D eigenvalue weighted by Crippen LogP contribution is 2.22. The predicted octanol–water partition coefficient (Wildman–Crippen LogP) is 3.91. The van der Waals surface area contributed by atoms with E-state index in [9.17, 15) is 4.39 Å². The Morgan fingerprint density at radius 3 is 3.00 bits per heavy atom. The number of anilines is 2. The number of benzene rings is 1. The summed E-state index contributed by atoms with van der Waals surface area (Å²) in [6.07, 6.45) is 3.67. The van der Waals surface area contributed by atoms with Crippen LogP contribution in [0, 0.1) is 12.7 Å². The molecule has 3 nitrogen and oxygen atoms in total. The monoisotopic (exact) mass is 265 g/mol. The third kappa shape index (κ3) is 2.71. The maximum absolute atomic E-state index is 13.3. The molecule has 0 fully saturated rings. The molecule has 0 bridgehead atoms. The summed E-state index contributed by atoms with van der Waals surface area (Å²) in [5.74, 6) is 0.189. The minimum atomic E-state index is -0.458. The van der Waals surface area contributed by atoms with E-state index in [1.165, 1.54) is 12.1 Å². The van der Waals surface area contributed by atoms with Gasteiger partial charge < -0.3 is 9.88 Å². The zero-order valence-electron chi connectivity index (χ0n) is 9.95. The first kappa shape index (κ1) is 12.6. The number of aromatic nitrogens is 2. The normalized spacial score (nSPS) is 10.4. The fourth-order valence-corrected chi connectivity index (χ4v) is 1.75. The molecule has 0 unspecified atom stereocenters. The van der Waals surface area contributed by atoms with E-state index < -0.39 is 5.82 Å². The fourth-order valence-electron chi connectivity index (χ4n) is 1.63. The van der Waals surface area contributed by atoms with Gasteiger partial charge in [-0.25, -0.2) is 9.37 Å². The average molecular weight is 266 g/mol. The first-order valence-corrected chi connectivity index (χ1v) is 5.84. The molecule has 0 atom stereocenters. The maximum Gasteiger partial charge on any atom is 0.207 e. The van der Waals surface area contributed by atoms with Crippen molar-refractivity contribution in [3.63, 3.8) is 0 Å². The molecule has 2 rings (SSSR count). The summed E-state index contributed by atoms with van der Waals surface area (Å²) in [7, 11) is 0. The van der Waals surface area contributed by atoms with E-state index in [2.05, 4.69) is 16.9 Å². The molecule has 1 aromatic carbocycles. The molecule has 5 heteroatoms. The van der Waals surface area contributed by atoms with Gasteiger partial charge in [0.1, 0.15) is 5.82 Å². The van der Waals surface area contributed by atoms with Crippen molar-refractivity contribution < 1.29 is 4.39 Å².